The molecule has 1 N–H and O–H groups in total. The Morgan fingerprint density at radius 3 is 2.20 bits per heavy atom. The Kier molecular flexibility index (Phi) is 2.21. The van der Waals surface area contributed by atoms with Gasteiger partial charge in [0.2, 0.25) is 0 Å². The van der Waals surface area contributed by atoms with Crippen LogP contribution in [-0.2, 0) is 0 Å². The van der Waals surface area contributed by atoms with Crippen molar-refractivity contribution in [2.45, 2.75) is 6.92 Å². The SMILES string of the molecule is CC(O)=CP. The molecule has 0 aliphatic rings. The summed E-state index contributed by atoms with van der Waals surface area (Å²) in [6, 6.07) is 0. The Morgan fingerprint density at radius 1 is 2.00 bits per heavy atom. The number of aliphatic hydroxyl groups is 1. The molecule has 2 heteroatoms. The molecular weight excluding hydrogens is 83.0 g/mol. The first-order valence-corrected chi connectivity index (χ1v) is 2.01. The molecule has 0 fully saturated rings. The Labute approximate surface area is 33.9 Å². The molecule has 1 unspecified atom stereocenters. The van der Waals surface area contributed by atoms with Crippen molar-refractivity contribution in [2.24, 2.45) is 0 Å². The molecule has 5 heavy (non-hydrogen) atoms. The average molecular weight is 90.1 g/mol. The minimum Gasteiger partial charge on any atom is -0.513 e. The molecule has 0 rings (SSSR count). The maximum absolute atomic E-state index is 8.20. The Hall–Kier alpha value is -0.0300. The maximum Gasteiger partial charge on any atom is 0.0891 e. The van der Waals surface area contributed by atoms with Crippen molar-refractivity contribution < 1.29 is 5.11 Å². The summed E-state index contributed by atoms with van der Waals surface area (Å²) < 4.78 is 0. The van der Waals surface area contributed by atoms with E-state index in [9.17, 15) is 0 Å². The van der Waals surface area contributed by atoms with Gasteiger partial charge in [0.1, 0.15) is 0 Å². The summed E-state index contributed by atoms with van der Waals surface area (Å²) >= 11 is 0. The van der Waals surface area contributed by atoms with Crippen molar-refractivity contribution in [3.05, 3.63) is 11.6 Å². The first-order chi connectivity index (χ1) is 2.27. The highest BCUT2D eigenvalue weighted by Gasteiger charge is 1.63. The van der Waals surface area contributed by atoms with Crippen LogP contribution in [0.4, 0.5) is 0 Å². The third kappa shape index (κ3) is 3.97. The highest BCUT2D eigenvalue weighted by atomic mass is 31.0. The first-order valence-electron chi connectivity index (χ1n) is 1.35. The van der Waals surface area contributed by atoms with Gasteiger partial charge < -0.3 is 5.11 Å². The molecule has 30 valence electrons. The van der Waals surface area contributed by atoms with E-state index in [0.717, 1.165) is 0 Å². The number of hydrogen-bond acceptors (Lipinski definition) is 1. The lowest BCUT2D eigenvalue weighted by Crippen LogP contribution is -1.58. The smallest absolute Gasteiger partial charge is 0.0891 e. The fourth-order valence-electron chi connectivity index (χ4n) is 0. The van der Waals surface area contributed by atoms with E-state index in [2.05, 4.69) is 9.24 Å². The topological polar surface area (TPSA) is 20.2 Å². The lowest BCUT2D eigenvalue weighted by Gasteiger charge is -1.75. The van der Waals surface area contributed by atoms with E-state index in [1.54, 1.807) is 12.7 Å². The van der Waals surface area contributed by atoms with Gasteiger partial charge in [0.05, 0.1) is 5.76 Å². The summed E-state index contributed by atoms with van der Waals surface area (Å²) in [5.74, 6) is 1.90. The zero-order valence-corrected chi connectivity index (χ0v) is 4.26. The summed E-state index contributed by atoms with van der Waals surface area (Å²) in [7, 11) is 2.28. The molecule has 0 heterocycles. The van der Waals surface area contributed by atoms with E-state index in [1.165, 1.54) is 0 Å². The predicted octanol–water partition coefficient (Wildman–Crippen LogP) is 1.28. The van der Waals surface area contributed by atoms with Crippen LogP contribution in [0.2, 0.25) is 0 Å². The van der Waals surface area contributed by atoms with Crippen LogP contribution in [0.3, 0.4) is 0 Å². The predicted molar refractivity (Wildman–Crippen MR) is 26.1 cm³/mol. The van der Waals surface area contributed by atoms with E-state index in [0.29, 0.717) is 5.76 Å². The largest absolute Gasteiger partial charge is 0.513 e. The monoisotopic (exact) mass is 90.0 g/mol. The molecular formula is C3H7OP. The van der Waals surface area contributed by atoms with Crippen LogP contribution in [0.15, 0.2) is 11.6 Å². The van der Waals surface area contributed by atoms with Crippen molar-refractivity contribution in [1.29, 1.82) is 0 Å². The Balaban J connectivity index is 3.14. The molecule has 0 aromatic carbocycles. The summed E-state index contributed by atoms with van der Waals surface area (Å²) in [5, 5.41) is 8.20. The fourth-order valence-corrected chi connectivity index (χ4v) is 0. The minimum absolute atomic E-state index is 0.343. The molecule has 0 amide bonds. The zero-order valence-electron chi connectivity index (χ0n) is 3.10. The minimum atomic E-state index is 0.343. The molecule has 1 nitrogen and oxygen atoms in total. The van der Waals surface area contributed by atoms with E-state index < -0.39 is 0 Å². The number of hydrogen-bond donors (Lipinski definition) is 1. The van der Waals surface area contributed by atoms with Crippen LogP contribution in [0.25, 0.3) is 0 Å². The fraction of sp³-hybridized carbons (Fsp3) is 0.333. The van der Waals surface area contributed by atoms with E-state index >= 15 is 0 Å². The van der Waals surface area contributed by atoms with Gasteiger partial charge in [-0.3, -0.25) is 0 Å². The van der Waals surface area contributed by atoms with Gasteiger partial charge in [-0.1, -0.05) is 0 Å². The average Bonchev–Trinajstić information content (AvgIpc) is 1.38. The van der Waals surface area contributed by atoms with Gasteiger partial charge in [-0.2, -0.15) is 0 Å². The van der Waals surface area contributed by atoms with E-state index in [-0.39, 0.29) is 0 Å². The van der Waals surface area contributed by atoms with E-state index in [1.807, 2.05) is 0 Å². The van der Waals surface area contributed by atoms with Crippen LogP contribution >= 0.6 is 9.24 Å². The van der Waals surface area contributed by atoms with Gasteiger partial charge >= 0.3 is 0 Å². The third-order valence-corrected chi connectivity index (χ3v) is 0.724. The van der Waals surface area contributed by atoms with Crippen LogP contribution < -0.4 is 0 Å². The molecule has 0 radical (unpaired) electrons. The normalized spacial score (nSPS) is 12.0. The summed E-state index contributed by atoms with van der Waals surface area (Å²) in [4.78, 5) is 0. The standard InChI is InChI=1S/C3H7OP/c1-3(4)2-5/h2,4H,5H2,1H3. The first kappa shape index (κ1) is 4.97. The second-order valence-electron chi connectivity index (χ2n) is 0.808. The summed E-state index contributed by atoms with van der Waals surface area (Å²) in [6.07, 6.45) is 0. The zero-order chi connectivity index (χ0) is 4.28. The Bertz CT molecular complexity index is 44.9. The molecule has 0 aromatic rings. The lowest BCUT2D eigenvalue weighted by atomic mass is 10.7. The molecule has 0 aliphatic heterocycles. The van der Waals surface area contributed by atoms with Crippen LogP contribution in [0, 0.1) is 0 Å². The van der Waals surface area contributed by atoms with Crippen molar-refractivity contribution in [3.63, 3.8) is 0 Å². The highest BCUT2D eigenvalue weighted by Crippen LogP contribution is 1.88. The molecule has 0 bridgehead atoms. The second-order valence-corrected chi connectivity index (χ2v) is 1.14. The highest BCUT2D eigenvalue weighted by molar-refractivity contribution is 7.20. The lowest BCUT2D eigenvalue weighted by molar-refractivity contribution is 0.416. The molecule has 0 saturated carbocycles. The molecule has 0 aromatic heterocycles. The van der Waals surface area contributed by atoms with E-state index in [4.69, 9.17) is 5.11 Å². The number of allylic oxidation sites excluding steroid dienone is 1. The van der Waals surface area contributed by atoms with Gasteiger partial charge in [-0.05, 0) is 12.7 Å². The molecule has 0 spiro atoms. The number of aliphatic hydroxyl groups excluding tert-OH is 1. The summed E-state index contributed by atoms with van der Waals surface area (Å²) in [5.41, 5.74) is 0. The second kappa shape index (κ2) is 2.22. The van der Waals surface area contributed by atoms with Gasteiger partial charge in [-0.25, -0.2) is 0 Å². The molecule has 1 atom stereocenters. The third-order valence-electron chi connectivity index (χ3n) is 0.241. The molecule has 0 saturated heterocycles. The van der Waals surface area contributed by atoms with Crippen molar-refractivity contribution in [3.8, 4) is 0 Å². The van der Waals surface area contributed by atoms with Gasteiger partial charge in [-0.15, -0.1) is 9.24 Å². The van der Waals surface area contributed by atoms with Crippen molar-refractivity contribution in [1.82, 2.24) is 0 Å². The van der Waals surface area contributed by atoms with Crippen LogP contribution in [-0.4, -0.2) is 5.11 Å². The quantitative estimate of drug-likeness (QED) is 0.351. The van der Waals surface area contributed by atoms with Gasteiger partial charge in [0, 0.05) is 0 Å². The van der Waals surface area contributed by atoms with Gasteiger partial charge in [0.25, 0.3) is 0 Å². The van der Waals surface area contributed by atoms with Crippen molar-refractivity contribution >= 4 is 9.24 Å². The summed E-state index contributed by atoms with van der Waals surface area (Å²) in [6.45, 7) is 1.62. The van der Waals surface area contributed by atoms with Crippen molar-refractivity contribution in [2.75, 3.05) is 0 Å². The number of rotatable bonds is 0. The molecule has 0 aliphatic carbocycles. The van der Waals surface area contributed by atoms with Gasteiger partial charge in [0.15, 0.2) is 0 Å². The van der Waals surface area contributed by atoms with Crippen LogP contribution in [0.1, 0.15) is 6.92 Å². The van der Waals surface area contributed by atoms with Crippen LogP contribution in [0.5, 0.6) is 0 Å². The maximum atomic E-state index is 8.20. The Morgan fingerprint density at radius 2 is 2.20 bits per heavy atom.